The Morgan fingerprint density at radius 1 is 1.44 bits per heavy atom. The van der Waals surface area contributed by atoms with Crippen molar-refractivity contribution in [3.05, 3.63) is 33.9 Å². The Balaban J connectivity index is 2.12. The summed E-state index contributed by atoms with van der Waals surface area (Å²) in [4.78, 5) is 24.6. The molecule has 1 aromatic carbocycles. The molecule has 1 fully saturated rings. The molecule has 3 rings (SSSR count). The second kappa shape index (κ2) is 3.54. The first-order chi connectivity index (χ1) is 8.60. The molecule has 0 aromatic heterocycles. The van der Waals surface area contributed by atoms with Gasteiger partial charge in [-0.15, -0.1) is 0 Å². The van der Waals surface area contributed by atoms with Crippen molar-refractivity contribution >= 4 is 17.3 Å². The van der Waals surface area contributed by atoms with Crippen molar-refractivity contribution in [3.63, 3.8) is 0 Å². The standard InChI is InChI=1S/C13H14N2O3/c1-2-7-14-11-4-3-9(15(17)18)8-10(11)13(5-6-13)12(14)16/h3-4,8H,2,5-7H2,1H3. The highest BCUT2D eigenvalue weighted by molar-refractivity contribution is 6.10. The van der Waals surface area contributed by atoms with E-state index in [-0.39, 0.29) is 11.6 Å². The Bertz CT molecular complexity index is 549. The summed E-state index contributed by atoms with van der Waals surface area (Å²) < 4.78 is 0. The summed E-state index contributed by atoms with van der Waals surface area (Å²) in [5, 5.41) is 10.8. The third kappa shape index (κ3) is 1.30. The Morgan fingerprint density at radius 2 is 2.17 bits per heavy atom. The first kappa shape index (κ1) is 11.2. The number of rotatable bonds is 3. The number of carbonyl (C=O) groups excluding carboxylic acids is 1. The molecule has 1 saturated carbocycles. The number of fused-ring (bicyclic) bond motifs is 2. The lowest BCUT2D eigenvalue weighted by Crippen LogP contribution is -2.32. The van der Waals surface area contributed by atoms with E-state index < -0.39 is 10.3 Å². The lowest BCUT2D eigenvalue weighted by molar-refractivity contribution is -0.384. The maximum atomic E-state index is 12.4. The number of non-ortho nitro benzene ring substituents is 1. The lowest BCUT2D eigenvalue weighted by Gasteiger charge is -2.16. The van der Waals surface area contributed by atoms with Gasteiger partial charge in [-0.3, -0.25) is 14.9 Å². The molecule has 5 nitrogen and oxygen atoms in total. The van der Waals surface area contributed by atoms with Crippen LogP contribution in [0.1, 0.15) is 31.7 Å². The van der Waals surface area contributed by atoms with Crippen molar-refractivity contribution in [1.29, 1.82) is 0 Å². The molecule has 5 heteroatoms. The van der Waals surface area contributed by atoms with E-state index in [2.05, 4.69) is 0 Å². The average molecular weight is 246 g/mol. The Kier molecular flexibility index (Phi) is 2.20. The molecule has 1 spiro atoms. The number of hydrogen-bond donors (Lipinski definition) is 0. The van der Waals surface area contributed by atoms with Gasteiger partial charge in [0, 0.05) is 24.4 Å². The summed E-state index contributed by atoms with van der Waals surface area (Å²) >= 11 is 0. The largest absolute Gasteiger partial charge is 0.311 e. The zero-order chi connectivity index (χ0) is 12.9. The molecule has 1 aromatic rings. The predicted octanol–water partition coefficient (Wildman–Crippen LogP) is 2.38. The molecule has 18 heavy (non-hydrogen) atoms. The van der Waals surface area contributed by atoms with Crippen LogP contribution in [0.2, 0.25) is 0 Å². The van der Waals surface area contributed by atoms with E-state index in [9.17, 15) is 14.9 Å². The molecular weight excluding hydrogens is 232 g/mol. The van der Waals surface area contributed by atoms with Crippen LogP contribution in [0.4, 0.5) is 11.4 Å². The molecule has 0 bridgehead atoms. The summed E-state index contributed by atoms with van der Waals surface area (Å²) in [6.07, 6.45) is 2.53. The molecule has 1 heterocycles. The number of hydrogen-bond acceptors (Lipinski definition) is 3. The van der Waals surface area contributed by atoms with Gasteiger partial charge in [-0.1, -0.05) is 6.92 Å². The fraction of sp³-hybridized carbons (Fsp3) is 0.462. The SMILES string of the molecule is CCCN1C(=O)C2(CC2)c2cc([N+](=O)[O-])ccc21. The van der Waals surface area contributed by atoms with Crippen molar-refractivity contribution in [2.45, 2.75) is 31.6 Å². The van der Waals surface area contributed by atoms with Gasteiger partial charge in [0.1, 0.15) is 0 Å². The van der Waals surface area contributed by atoms with Gasteiger partial charge in [0.25, 0.3) is 5.69 Å². The number of amides is 1. The van der Waals surface area contributed by atoms with E-state index in [4.69, 9.17) is 0 Å². The average Bonchev–Trinajstić information content (AvgIpc) is 3.12. The van der Waals surface area contributed by atoms with E-state index in [0.717, 1.165) is 30.5 Å². The van der Waals surface area contributed by atoms with Crippen LogP contribution in [0.5, 0.6) is 0 Å². The normalized spacial score (nSPS) is 19.2. The topological polar surface area (TPSA) is 63.5 Å². The van der Waals surface area contributed by atoms with Crippen LogP contribution in [-0.2, 0) is 10.2 Å². The fourth-order valence-corrected chi connectivity index (χ4v) is 2.79. The van der Waals surface area contributed by atoms with Gasteiger partial charge in [0.05, 0.1) is 10.3 Å². The van der Waals surface area contributed by atoms with E-state index in [1.807, 2.05) is 6.92 Å². The summed E-state index contributed by atoms with van der Waals surface area (Å²) in [7, 11) is 0. The smallest absolute Gasteiger partial charge is 0.269 e. The third-order valence-electron chi connectivity index (χ3n) is 3.85. The molecule has 0 unspecified atom stereocenters. The van der Waals surface area contributed by atoms with Crippen LogP contribution in [-0.4, -0.2) is 17.4 Å². The molecule has 0 atom stereocenters. The van der Waals surface area contributed by atoms with Crippen LogP contribution in [0.25, 0.3) is 0 Å². The van der Waals surface area contributed by atoms with E-state index in [1.54, 1.807) is 17.0 Å². The number of nitro benzene ring substituents is 1. The maximum Gasteiger partial charge on any atom is 0.269 e. The van der Waals surface area contributed by atoms with Crippen molar-refractivity contribution in [2.75, 3.05) is 11.4 Å². The number of anilines is 1. The zero-order valence-electron chi connectivity index (χ0n) is 10.2. The zero-order valence-corrected chi connectivity index (χ0v) is 10.2. The van der Waals surface area contributed by atoms with Crippen LogP contribution >= 0.6 is 0 Å². The molecule has 94 valence electrons. The second-order valence-corrected chi connectivity index (χ2v) is 5.00. The van der Waals surface area contributed by atoms with E-state index in [0.29, 0.717) is 6.54 Å². The lowest BCUT2D eigenvalue weighted by atomic mass is 9.97. The van der Waals surface area contributed by atoms with Gasteiger partial charge in [-0.25, -0.2) is 0 Å². The van der Waals surface area contributed by atoms with Crippen LogP contribution < -0.4 is 4.90 Å². The monoisotopic (exact) mass is 246 g/mol. The molecule has 1 aliphatic carbocycles. The fourth-order valence-electron chi connectivity index (χ4n) is 2.79. The molecule has 1 amide bonds. The maximum absolute atomic E-state index is 12.4. The predicted molar refractivity (Wildman–Crippen MR) is 66.7 cm³/mol. The van der Waals surface area contributed by atoms with Gasteiger partial charge in [-0.05, 0) is 30.9 Å². The molecule has 0 N–H and O–H groups in total. The first-order valence-corrected chi connectivity index (χ1v) is 6.21. The summed E-state index contributed by atoms with van der Waals surface area (Å²) in [6, 6.07) is 4.78. The van der Waals surface area contributed by atoms with Crippen molar-refractivity contribution < 1.29 is 9.72 Å². The summed E-state index contributed by atoms with van der Waals surface area (Å²) in [5.41, 5.74) is 1.36. The molecule has 0 radical (unpaired) electrons. The van der Waals surface area contributed by atoms with Gasteiger partial charge >= 0.3 is 0 Å². The van der Waals surface area contributed by atoms with E-state index >= 15 is 0 Å². The Morgan fingerprint density at radius 3 is 2.72 bits per heavy atom. The minimum absolute atomic E-state index is 0.0752. The minimum atomic E-state index is -0.434. The Labute approximate surface area is 105 Å². The first-order valence-electron chi connectivity index (χ1n) is 6.21. The van der Waals surface area contributed by atoms with Crippen LogP contribution in [0.3, 0.4) is 0 Å². The molecular formula is C13H14N2O3. The quantitative estimate of drug-likeness (QED) is 0.607. The molecule has 2 aliphatic rings. The highest BCUT2D eigenvalue weighted by Gasteiger charge is 2.59. The number of carbonyl (C=O) groups is 1. The number of benzene rings is 1. The highest BCUT2D eigenvalue weighted by Crippen LogP contribution is 2.57. The Hall–Kier alpha value is -1.91. The number of nitrogens with zero attached hydrogens (tertiary/aromatic N) is 2. The van der Waals surface area contributed by atoms with Gasteiger partial charge in [-0.2, -0.15) is 0 Å². The van der Waals surface area contributed by atoms with Gasteiger partial charge < -0.3 is 4.90 Å². The van der Waals surface area contributed by atoms with Crippen molar-refractivity contribution in [3.8, 4) is 0 Å². The van der Waals surface area contributed by atoms with E-state index in [1.165, 1.54) is 6.07 Å². The van der Waals surface area contributed by atoms with Crippen molar-refractivity contribution in [1.82, 2.24) is 0 Å². The number of nitro groups is 1. The summed E-state index contributed by atoms with van der Waals surface area (Å²) in [6.45, 7) is 2.71. The second-order valence-electron chi connectivity index (χ2n) is 5.00. The van der Waals surface area contributed by atoms with Crippen LogP contribution in [0, 0.1) is 10.1 Å². The third-order valence-corrected chi connectivity index (χ3v) is 3.85. The van der Waals surface area contributed by atoms with Gasteiger partial charge in [0.2, 0.25) is 5.91 Å². The van der Waals surface area contributed by atoms with Gasteiger partial charge in [0.15, 0.2) is 0 Å². The van der Waals surface area contributed by atoms with Crippen LogP contribution in [0.15, 0.2) is 18.2 Å². The minimum Gasteiger partial charge on any atom is -0.311 e. The molecule has 1 aliphatic heterocycles. The summed E-state index contributed by atoms with van der Waals surface area (Å²) in [5.74, 6) is 0.125. The van der Waals surface area contributed by atoms with Crippen molar-refractivity contribution in [2.24, 2.45) is 0 Å². The highest BCUT2D eigenvalue weighted by atomic mass is 16.6. The molecule has 0 saturated heterocycles.